The van der Waals surface area contributed by atoms with Crippen LogP contribution in [0.25, 0.3) is 11.3 Å². The van der Waals surface area contributed by atoms with Crippen LogP contribution >= 0.6 is 0 Å². The van der Waals surface area contributed by atoms with Gasteiger partial charge in [-0.15, -0.1) is 5.10 Å². The minimum Gasteiger partial charge on any atom is -0.476 e. The lowest BCUT2D eigenvalue weighted by Gasteiger charge is -2.06. The summed E-state index contributed by atoms with van der Waals surface area (Å²) in [5, 5.41) is 16.7. The molecular weight excluding hydrogens is 277 g/mol. The minimum atomic E-state index is -1.19. The van der Waals surface area contributed by atoms with Crippen molar-refractivity contribution in [3.63, 3.8) is 0 Å². The summed E-state index contributed by atoms with van der Waals surface area (Å²) in [6, 6.07) is 8.95. The number of aromatic nitrogens is 3. The number of hydrogen-bond donors (Lipinski definition) is 1. The van der Waals surface area contributed by atoms with Crippen molar-refractivity contribution in [1.82, 2.24) is 15.0 Å². The molecule has 0 aliphatic rings. The number of benzene rings is 1. The van der Waals surface area contributed by atoms with Crippen molar-refractivity contribution in [1.29, 1.82) is 0 Å². The minimum absolute atomic E-state index is 0.187. The maximum absolute atomic E-state index is 13.0. The highest BCUT2D eigenvalue weighted by Crippen LogP contribution is 2.23. The van der Waals surface area contributed by atoms with Gasteiger partial charge in [0.15, 0.2) is 5.69 Å². The summed E-state index contributed by atoms with van der Waals surface area (Å²) in [6.45, 7) is 0.236. The highest BCUT2D eigenvalue weighted by Gasteiger charge is 2.21. The summed E-state index contributed by atoms with van der Waals surface area (Å²) in [6.07, 6.45) is 1.52. The molecule has 0 bridgehead atoms. The molecule has 0 spiro atoms. The number of nitrogens with zero attached hydrogens (tertiary/aromatic N) is 3. The Kier molecular flexibility index (Phi) is 3.23. The average Bonchev–Trinajstić information content (AvgIpc) is 3.10. The van der Waals surface area contributed by atoms with Crippen molar-refractivity contribution < 1.29 is 18.7 Å². The van der Waals surface area contributed by atoms with Crippen LogP contribution in [0.15, 0.2) is 47.1 Å². The summed E-state index contributed by atoms with van der Waals surface area (Å²) in [5.41, 5.74) is 0.637. The predicted octanol–water partition coefficient (Wildman–Crippen LogP) is 2.42. The van der Waals surface area contributed by atoms with Crippen LogP contribution in [0.2, 0.25) is 0 Å². The van der Waals surface area contributed by atoms with Crippen LogP contribution in [0.5, 0.6) is 0 Å². The Morgan fingerprint density at radius 3 is 2.67 bits per heavy atom. The third-order valence-corrected chi connectivity index (χ3v) is 2.94. The Morgan fingerprint density at radius 1 is 1.29 bits per heavy atom. The topological polar surface area (TPSA) is 81.1 Å². The van der Waals surface area contributed by atoms with E-state index in [1.807, 2.05) is 0 Å². The smallest absolute Gasteiger partial charge is 0.358 e. The molecule has 0 saturated carbocycles. The van der Waals surface area contributed by atoms with Gasteiger partial charge < -0.3 is 9.52 Å². The first-order valence-corrected chi connectivity index (χ1v) is 6.10. The summed E-state index contributed by atoms with van der Waals surface area (Å²) >= 11 is 0. The molecule has 106 valence electrons. The first-order valence-electron chi connectivity index (χ1n) is 6.10. The first kappa shape index (κ1) is 13.0. The lowest BCUT2D eigenvalue weighted by molar-refractivity contribution is 0.0691. The van der Waals surface area contributed by atoms with Gasteiger partial charge in [-0.1, -0.05) is 5.21 Å². The van der Waals surface area contributed by atoms with E-state index in [1.165, 1.54) is 35.2 Å². The van der Waals surface area contributed by atoms with Crippen LogP contribution in [0.3, 0.4) is 0 Å². The fourth-order valence-corrected chi connectivity index (χ4v) is 2.01. The third kappa shape index (κ3) is 2.53. The normalized spacial score (nSPS) is 10.7. The Bertz CT molecular complexity index is 763. The van der Waals surface area contributed by atoms with Gasteiger partial charge in [0.05, 0.1) is 6.26 Å². The van der Waals surface area contributed by atoms with E-state index in [9.17, 15) is 14.3 Å². The van der Waals surface area contributed by atoms with Gasteiger partial charge in [0, 0.05) is 5.56 Å². The zero-order valence-electron chi connectivity index (χ0n) is 10.7. The number of carbonyl (C=O) groups is 1. The highest BCUT2D eigenvalue weighted by molar-refractivity contribution is 5.92. The molecule has 2 heterocycles. The molecule has 0 aliphatic heterocycles. The monoisotopic (exact) mass is 287 g/mol. The van der Waals surface area contributed by atoms with Gasteiger partial charge in [-0.25, -0.2) is 13.9 Å². The lowest BCUT2D eigenvalue weighted by atomic mass is 10.1. The summed E-state index contributed by atoms with van der Waals surface area (Å²) in [5.74, 6) is -0.985. The third-order valence-electron chi connectivity index (χ3n) is 2.94. The number of furan rings is 1. The molecule has 0 radical (unpaired) electrons. The molecule has 0 saturated heterocycles. The van der Waals surface area contributed by atoms with E-state index < -0.39 is 11.8 Å². The molecule has 0 unspecified atom stereocenters. The molecular formula is C14H10FN3O3. The number of rotatable bonds is 4. The molecule has 0 aliphatic carbocycles. The maximum atomic E-state index is 13.0. The summed E-state index contributed by atoms with van der Waals surface area (Å²) in [7, 11) is 0. The molecule has 6 nitrogen and oxygen atoms in total. The van der Waals surface area contributed by atoms with E-state index in [2.05, 4.69) is 10.3 Å². The summed E-state index contributed by atoms with van der Waals surface area (Å²) < 4.78 is 19.7. The molecule has 21 heavy (non-hydrogen) atoms. The molecule has 1 aromatic carbocycles. The highest BCUT2D eigenvalue weighted by atomic mass is 19.1. The number of carboxylic acid groups (broad SMARTS) is 1. The van der Waals surface area contributed by atoms with Crippen LogP contribution in [0.1, 0.15) is 16.2 Å². The van der Waals surface area contributed by atoms with E-state index in [1.54, 1.807) is 12.1 Å². The molecule has 1 N–H and O–H groups in total. The van der Waals surface area contributed by atoms with Crippen LogP contribution < -0.4 is 0 Å². The fourth-order valence-electron chi connectivity index (χ4n) is 2.01. The Balaban J connectivity index is 2.08. The van der Waals surface area contributed by atoms with Crippen LogP contribution in [-0.4, -0.2) is 26.1 Å². The standard InChI is InChI=1S/C14H10FN3O3/c15-10-5-3-9(4-6-10)13-12(14(19)20)16-17-18(13)8-11-2-1-7-21-11/h1-7H,8H2,(H,19,20). The van der Waals surface area contributed by atoms with Gasteiger partial charge >= 0.3 is 5.97 Å². The van der Waals surface area contributed by atoms with Gasteiger partial charge in [0.2, 0.25) is 0 Å². The number of hydrogen-bond acceptors (Lipinski definition) is 4. The Labute approximate surface area is 118 Å². The van der Waals surface area contributed by atoms with Crippen molar-refractivity contribution in [3.8, 4) is 11.3 Å². The van der Waals surface area contributed by atoms with Gasteiger partial charge in [0.25, 0.3) is 0 Å². The molecule has 7 heteroatoms. The number of halogens is 1. The van der Waals surface area contributed by atoms with E-state index in [-0.39, 0.29) is 12.2 Å². The quantitative estimate of drug-likeness (QED) is 0.797. The largest absolute Gasteiger partial charge is 0.476 e. The number of carboxylic acids is 1. The Morgan fingerprint density at radius 2 is 2.05 bits per heavy atom. The van der Waals surface area contributed by atoms with E-state index in [0.29, 0.717) is 17.0 Å². The van der Waals surface area contributed by atoms with Crippen molar-refractivity contribution >= 4 is 5.97 Å². The predicted molar refractivity (Wildman–Crippen MR) is 70.2 cm³/mol. The second kappa shape index (κ2) is 5.20. The van der Waals surface area contributed by atoms with Crippen molar-refractivity contribution in [3.05, 3.63) is 59.9 Å². The zero-order valence-corrected chi connectivity index (χ0v) is 10.7. The Hall–Kier alpha value is -2.96. The SMILES string of the molecule is O=C(O)c1nnn(Cc2ccco2)c1-c1ccc(F)cc1. The average molecular weight is 287 g/mol. The van der Waals surface area contributed by atoms with E-state index in [4.69, 9.17) is 4.42 Å². The van der Waals surface area contributed by atoms with Gasteiger partial charge in [-0.3, -0.25) is 0 Å². The fraction of sp³-hybridized carbons (Fsp3) is 0.0714. The molecule has 3 rings (SSSR count). The van der Waals surface area contributed by atoms with Gasteiger partial charge in [0.1, 0.15) is 23.8 Å². The summed E-state index contributed by atoms with van der Waals surface area (Å²) in [4.78, 5) is 11.3. The second-order valence-corrected chi connectivity index (χ2v) is 4.34. The van der Waals surface area contributed by atoms with Gasteiger partial charge in [-0.05, 0) is 36.4 Å². The first-order chi connectivity index (χ1) is 10.1. The van der Waals surface area contributed by atoms with Crippen molar-refractivity contribution in [2.45, 2.75) is 6.54 Å². The maximum Gasteiger partial charge on any atom is 0.358 e. The van der Waals surface area contributed by atoms with E-state index >= 15 is 0 Å². The van der Waals surface area contributed by atoms with Crippen LogP contribution in [-0.2, 0) is 6.54 Å². The molecule has 0 atom stereocenters. The van der Waals surface area contributed by atoms with Crippen molar-refractivity contribution in [2.24, 2.45) is 0 Å². The van der Waals surface area contributed by atoms with E-state index in [0.717, 1.165) is 0 Å². The molecule has 3 aromatic rings. The van der Waals surface area contributed by atoms with Crippen LogP contribution in [0.4, 0.5) is 4.39 Å². The molecule has 0 amide bonds. The zero-order chi connectivity index (χ0) is 14.8. The van der Waals surface area contributed by atoms with Crippen molar-refractivity contribution in [2.75, 3.05) is 0 Å². The lowest BCUT2D eigenvalue weighted by Crippen LogP contribution is -2.05. The van der Waals surface area contributed by atoms with Crippen LogP contribution in [0, 0.1) is 5.82 Å². The molecule has 2 aromatic heterocycles. The molecule has 0 fully saturated rings. The van der Waals surface area contributed by atoms with Gasteiger partial charge in [-0.2, -0.15) is 0 Å². The number of aromatic carboxylic acids is 1. The second-order valence-electron chi connectivity index (χ2n) is 4.34.